The Morgan fingerprint density at radius 2 is 1.97 bits per heavy atom. The van der Waals surface area contributed by atoms with Crippen molar-refractivity contribution in [2.75, 3.05) is 17.2 Å². The van der Waals surface area contributed by atoms with Crippen LogP contribution in [0.3, 0.4) is 0 Å². The predicted molar refractivity (Wildman–Crippen MR) is 145 cm³/mol. The fourth-order valence-electron chi connectivity index (χ4n) is 4.56. The zero-order valence-corrected chi connectivity index (χ0v) is 22.2. The first-order valence-corrected chi connectivity index (χ1v) is 13.3. The van der Waals surface area contributed by atoms with E-state index in [2.05, 4.69) is 30.9 Å². The van der Waals surface area contributed by atoms with Crippen molar-refractivity contribution in [2.45, 2.75) is 65.0 Å². The summed E-state index contributed by atoms with van der Waals surface area (Å²) in [5, 5.41) is 10.7. The molecule has 2 aromatic heterocycles. The number of carbonyl (C=O) groups excluding carboxylic acids is 1. The van der Waals surface area contributed by atoms with E-state index in [0.717, 1.165) is 30.5 Å². The molecule has 0 aliphatic heterocycles. The van der Waals surface area contributed by atoms with E-state index >= 15 is 0 Å². The Morgan fingerprint density at radius 1 is 1.17 bits per heavy atom. The molecule has 192 valence electrons. The number of hydrogen-bond donors (Lipinski definition) is 3. The van der Waals surface area contributed by atoms with Crippen LogP contribution in [0.4, 0.5) is 11.8 Å². The number of nitrogens with zero attached hydrogens (tertiary/aromatic N) is 4. The highest BCUT2D eigenvalue weighted by Crippen LogP contribution is 2.29. The van der Waals surface area contributed by atoms with Crippen LogP contribution >= 0.6 is 23.2 Å². The summed E-state index contributed by atoms with van der Waals surface area (Å²) in [4.78, 5) is 27.0. The van der Waals surface area contributed by atoms with Gasteiger partial charge in [0.2, 0.25) is 11.9 Å². The highest BCUT2D eigenvalue weighted by molar-refractivity contribution is 6.35. The Morgan fingerprint density at radius 3 is 2.67 bits per heavy atom. The van der Waals surface area contributed by atoms with E-state index in [4.69, 9.17) is 23.2 Å². The zero-order valence-electron chi connectivity index (χ0n) is 20.7. The first kappa shape index (κ1) is 26.2. The molecule has 1 amide bonds. The molecule has 3 aromatic rings. The Hall–Kier alpha value is -2.84. The summed E-state index contributed by atoms with van der Waals surface area (Å²) in [6.45, 7) is 4.93. The number of aromatic nitrogens is 4. The highest BCUT2D eigenvalue weighted by atomic mass is 35.5. The van der Waals surface area contributed by atoms with Crippen LogP contribution in [-0.2, 0) is 11.3 Å². The van der Waals surface area contributed by atoms with Gasteiger partial charge in [0.05, 0.1) is 5.69 Å². The molecule has 1 aromatic carbocycles. The van der Waals surface area contributed by atoms with Gasteiger partial charge in [-0.15, -0.1) is 0 Å². The van der Waals surface area contributed by atoms with Gasteiger partial charge in [0.1, 0.15) is 24.0 Å². The van der Waals surface area contributed by atoms with Crippen molar-refractivity contribution in [3.63, 3.8) is 0 Å². The maximum Gasteiger partial charge on any atom is 0.242 e. The third-order valence-corrected chi connectivity index (χ3v) is 7.01. The minimum Gasteiger partial charge on any atom is -0.358 e. The van der Waals surface area contributed by atoms with Crippen molar-refractivity contribution in [3.05, 3.63) is 58.1 Å². The number of nitrogens with one attached hydrogen (secondary N) is 3. The monoisotopic (exact) mass is 529 g/mol. The molecule has 8 nitrogen and oxygen atoms in total. The number of halogens is 2. The number of aryl methyl sites for hydroxylation is 1. The summed E-state index contributed by atoms with van der Waals surface area (Å²) in [5.41, 5.74) is 1.71. The molecular formula is C26H33Cl2N7O. The Balaban J connectivity index is 1.55. The molecule has 0 bridgehead atoms. The van der Waals surface area contributed by atoms with E-state index < -0.39 is 6.04 Å². The number of rotatable bonds is 10. The lowest BCUT2D eigenvalue weighted by atomic mass is 9.84. The van der Waals surface area contributed by atoms with Crippen molar-refractivity contribution < 1.29 is 4.79 Å². The molecule has 36 heavy (non-hydrogen) atoms. The molecule has 1 aliphatic carbocycles. The summed E-state index contributed by atoms with van der Waals surface area (Å²) in [6, 6.07) is 6.70. The third-order valence-electron chi connectivity index (χ3n) is 6.42. The summed E-state index contributed by atoms with van der Waals surface area (Å²) < 4.78 is 1.85. The van der Waals surface area contributed by atoms with Crippen molar-refractivity contribution >= 4 is 40.9 Å². The predicted octanol–water partition coefficient (Wildman–Crippen LogP) is 5.78. The van der Waals surface area contributed by atoms with E-state index in [9.17, 15) is 4.79 Å². The van der Waals surface area contributed by atoms with Crippen LogP contribution in [0.1, 0.15) is 56.7 Å². The van der Waals surface area contributed by atoms with Gasteiger partial charge in [0, 0.05) is 35.4 Å². The number of benzene rings is 1. The van der Waals surface area contributed by atoms with Gasteiger partial charge in [-0.05, 0) is 43.9 Å². The quantitative estimate of drug-likeness (QED) is 0.308. The average Bonchev–Trinajstić information content (AvgIpc) is 3.30. The fourth-order valence-corrected chi connectivity index (χ4v) is 5.04. The SMILES string of the molecule is CCNc1nc(N[C@H](CC2CCCCC2)C(=O)NCc2ccc(Cl)cc2Cl)cc(-n2cnc(C)c2)n1. The first-order chi connectivity index (χ1) is 17.4. The van der Waals surface area contributed by atoms with Gasteiger partial charge in [-0.2, -0.15) is 9.97 Å². The molecule has 0 unspecified atom stereocenters. The van der Waals surface area contributed by atoms with Gasteiger partial charge in [0.25, 0.3) is 0 Å². The molecule has 0 radical (unpaired) electrons. The maximum absolute atomic E-state index is 13.4. The van der Waals surface area contributed by atoms with Crippen molar-refractivity contribution in [1.29, 1.82) is 0 Å². The normalized spacial score (nSPS) is 14.9. The summed E-state index contributed by atoms with van der Waals surface area (Å²) >= 11 is 12.3. The molecule has 1 atom stereocenters. The Labute approximate surface area is 222 Å². The van der Waals surface area contributed by atoms with Crippen molar-refractivity contribution in [1.82, 2.24) is 24.8 Å². The minimum absolute atomic E-state index is 0.0878. The number of amides is 1. The smallest absolute Gasteiger partial charge is 0.242 e. The Bertz CT molecular complexity index is 1180. The molecule has 0 spiro atoms. The number of carbonyl (C=O) groups is 1. The molecular weight excluding hydrogens is 497 g/mol. The maximum atomic E-state index is 13.4. The highest BCUT2D eigenvalue weighted by Gasteiger charge is 2.25. The fraction of sp³-hybridized carbons (Fsp3) is 0.462. The average molecular weight is 531 g/mol. The van der Waals surface area contributed by atoms with Crippen LogP contribution < -0.4 is 16.0 Å². The second-order valence-electron chi connectivity index (χ2n) is 9.28. The van der Waals surface area contributed by atoms with Crippen LogP contribution in [0.2, 0.25) is 10.0 Å². The molecule has 1 aliphatic rings. The second kappa shape index (κ2) is 12.4. The van der Waals surface area contributed by atoms with Gasteiger partial charge in [0.15, 0.2) is 0 Å². The number of anilines is 2. The van der Waals surface area contributed by atoms with Crippen molar-refractivity contribution in [2.24, 2.45) is 5.92 Å². The van der Waals surface area contributed by atoms with Crippen LogP contribution in [0.15, 0.2) is 36.8 Å². The summed E-state index contributed by atoms with van der Waals surface area (Å²) in [7, 11) is 0. The van der Waals surface area contributed by atoms with Gasteiger partial charge < -0.3 is 16.0 Å². The van der Waals surface area contributed by atoms with Crippen LogP contribution in [0.5, 0.6) is 0 Å². The lowest BCUT2D eigenvalue weighted by Crippen LogP contribution is -2.41. The number of imidazole rings is 1. The van der Waals surface area contributed by atoms with Crippen LogP contribution in [0, 0.1) is 12.8 Å². The van der Waals surface area contributed by atoms with E-state index in [0.29, 0.717) is 46.6 Å². The molecule has 0 saturated heterocycles. The molecule has 3 N–H and O–H groups in total. The summed E-state index contributed by atoms with van der Waals surface area (Å²) in [5.74, 6) is 2.16. The van der Waals surface area contributed by atoms with E-state index in [-0.39, 0.29) is 5.91 Å². The largest absolute Gasteiger partial charge is 0.358 e. The first-order valence-electron chi connectivity index (χ1n) is 12.5. The second-order valence-corrected chi connectivity index (χ2v) is 10.1. The van der Waals surface area contributed by atoms with Crippen LogP contribution in [-0.4, -0.2) is 38.0 Å². The van der Waals surface area contributed by atoms with E-state index in [1.54, 1.807) is 18.5 Å². The molecule has 1 saturated carbocycles. The van der Waals surface area contributed by atoms with Gasteiger partial charge >= 0.3 is 0 Å². The lowest BCUT2D eigenvalue weighted by molar-refractivity contribution is -0.122. The van der Waals surface area contributed by atoms with Gasteiger partial charge in [-0.1, -0.05) is 61.4 Å². The lowest BCUT2D eigenvalue weighted by Gasteiger charge is -2.27. The molecule has 1 fully saturated rings. The summed E-state index contributed by atoms with van der Waals surface area (Å²) in [6.07, 6.45) is 10.3. The van der Waals surface area contributed by atoms with Crippen LogP contribution in [0.25, 0.3) is 5.82 Å². The van der Waals surface area contributed by atoms with Gasteiger partial charge in [-0.3, -0.25) is 9.36 Å². The standard InChI is InChI=1S/C26H33Cl2N7O/c1-3-29-26-33-23(13-24(34-26)35-15-17(2)31-16-35)32-22(11-18-7-5-4-6-8-18)25(36)30-14-19-9-10-20(27)12-21(19)28/h9-10,12-13,15-16,18,22H,3-8,11,14H2,1-2H3,(H,30,36)(H2,29,32,33,34)/t22-/m1/s1. The Kier molecular flexibility index (Phi) is 9.04. The molecule has 10 heteroatoms. The topological polar surface area (TPSA) is 96.8 Å². The van der Waals surface area contributed by atoms with Crippen molar-refractivity contribution in [3.8, 4) is 5.82 Å². The molecule has 2 heterocycles. The number of hydrogen-bond acceptors (Lipinski definition) is 6. The van der Waals surface area contributed by atoms with Gasteiger partial charge in [-0.25, -0.2) is 4.98 Å². The zero-order chi connectivity index (χ0) is 25.5. The minimum atomic E-state index is -0.444. The van der Waals surface area contributed by atoms with E-state index in [1.807, 2.05) is 36.7 Å². The molecule has 4 rings (SSSR count). The van der Waals surface area contributed by atoms with E-state index in [1.165, 1.54) is 19.3 Å². The third kappa shape index (κ3) is 7.11.